The average Bonchev–Trinajstić information content (AvgIpc) is 3.85. The number of hydrogen-bond acceptors (Lipinski definition) is 5. The third-order valence-corrected chi connectivity index (χ3v) is 15.1. The first kappa shape index (κ1) is 30.0. The van der Waals surface area contributed by atoms with Crippen molar-refractivity contribution < 1.29 is 24.1 Å². The van der Waals surface area contributed by atoms with Gasteiger partial charge in [-0.2, -0.15) is 0 Å². The number of carbonyl (C=O) groups excluding carboxylic acids is 1. The molecule has 7 fully saturated rings. The van der Waals surface area contributed by atoms with Crippen LogP contribution in [0.25, 0.3) is 0 Å². The number of fused-ring (bicyclic) bond motifs is 2. The van der Waals surface area contributed by atoms with Crippen LogP contribution in [-0.4, -0.2) is 67.8 Å². The van der Waals surface area contributed by atoms with E-state index < -0.39 is 0 Å². The number of ether oxygens (including phenoxy) is 3. The number of nitrogens with zero attached hydrogens (tertiary/aromatic N) is 1. The minimum atomic E-state index is -0.293. The summed E-state index contributed by atoms with van der Waals surface area (Å²) in [5, 5.41) is 11.4. The highest BCUT2D eigenvalue weighted by Crippen LogP contribution is 2.89. The Hall–Kier alpha value is -0.690. The summed E-state index contributed by atoms with van der Waals surface area (Å²) in [4.78, 5) is 14.8. The lowest BCUT2D eigenvalue weighted by atomic mass is 9.46. The molecular formula is C36H59NO5. The molecule has 7 aliphatic rings. The normalized spacial score (nSPS) is 49.0. The number of methoxy groups -OCH3 is 1. The van der Waals surface area contributed by atoms with Gasteiger partial charge in [-0.1, -0.05) is 34.1 Å². The molecule has 2 spiro atoms. The van der Waals surface area contributed by atoms with Gasteiger partial charge in [0.2, 0.25) is 5.91 Å². The zero-order valence-electron chi connectivity index (χ0n) is 27.2. The highest BCUT2D eigenvalue weighted by atomic mass is 16.7. The Bertz CT molecular complexity index is 1030. The average molecular weight is 586 g/mol. The van der Waals surface area contributed by atoms with Crippen molar-refractivity contribution in [3.05, 3.63) is 0 Å². The molecular weight excluding hydrogens is 526 g/mol. The lowest BCUT2D eigenvalue weighted by Crippen LogP contribution is -2.56. The predicted octanol–water partition coefficient (Wildman–Crippen LogP) is 6.44. The zero-order chi connectivity index (χ0) is 29.5. The standard InChI is InChI=1S/C36H59NO5/c1-23-35-16-15-34(4)26(8-6-7-18-40-5)28(38)21-27(34)25(35)11-12-29-33(2,3)30(13-14-36(23,29)35)42-32-22-37(17-19-41-32)31(39)20-24-9-10-24/h23-30,32,38H,6-22H2,1-5H3/t23?,25-,26-,27?,28+,29?,30-,32?,34+,35-,36+/m0/s1. The number of aliphatic hydroxyl groups is 1. The number of aliphatic hydroxyl groups excluding tert-OH is 1. The van der Waals surface area contributed by atoms with Crippen LogP contribution in [0, 0.1) is 57.2 Å². The van der Waals surface area contributed by atoms with Gasteiger partial charge in [0.25, 0.3) is 0 Å². The molecule has 1 heterocycles. The Kier molecular flexibility index (Phi) is 7.64. The van der Waals surface area contributed by atoms with Gasteiger partial charge in [-0.15, -0.1) is 0 Å². The van der Waals surface area contributed by atoms with Crippen LogP contribution in [0.5, 0.6) is 0 Å². The number of hydrogen-bond donors (Lipinski definition) is 1. The Labute approximate surface area is 255 Å². The topological polar surface area (TPSA) is 68.2 Å². The minimum Gasteiger partial charge on any atom is -0.393 e. The Morgan fingerprint density at radius 2 is 1.81 bits per heavy atom. The van der Waals surface area contributed by atoms with E-state index in [2.05, 4.69) is 27.7 Å². The summed E-state index contributed by atoms with van der Waals surface area (Å²) in [7, 11) is 1.79. The number of amides is 1. The van der Waals surface area contributed by atoms with Crippen LogP contribution >= 0.6 is 0 Å². The summed E-state index contributed by atoms with van der Waals surface area (Å²) in [6.45, 7) is 12.9. The maximum atomic E-state index is 12.8. The molecule has 6 nitrogen and oxygen atoms in total. The third kappa shape index (κ3) is 4.34. The first-order chi connectivity index (χ1) is 20.1. The molecule has 42 heavy (non-hydrogen) atoms. The van der Waals surface area contributed by atoms with Crippen molar-refractivity contribution in [2.45, 2.75) is 130 Å². The van der Waals surface area contributed by atoms with E-state index in [-0.39, 0.29) is 29.3 Å². The molecule has 1 N–H and O–H groups in total. The molecule has 1 saturated heterocycles. The summed E-state index contributed by atoms with van der Waals surface area (Å²) in [6, 6.07) is 0. The highest BCUT2D eigenvalue weighted by Gasteiger charge is 2.84. The molecule has 4 unspecified atom stereocenters. The second-order valence-corrected chi connectivity index (χ2v) is 16.8. The van der Waals surface area contributed by atoms with Crippen molar-refractivity contribution in [1.82, 2.24) is 4.90 Å². The number of morpholine rings is 1. The zero-order valence-corrected chi connectivity index (χ0v) is 27.2. The van der Waals surface area contributed by atoms with Gasteiger partial charge in [0.1, 0.15) is 0 Å². The van der Waals surface area contributed by atoms with Gasteiger partial charge in [0.15, 0.2) is 6.29 Å². The Morgan fingerprint density at radius 1 is 1.00 bits per heavy atom. The second-order valence-electron chi connectivity index (χ2n) is 16.8. The number of unbranched alkanes of at least 4 members (excludes halogenated alkanes) is 1. The molecule has 11 atom stereocenters. The molecule has 7 rings (SSSR count). The molecule has 0 aromatic heterocycles. The van der Waals surface area contributed by atoms with Crippen LogP contribution < -0.4 is 0 Å². The van der Waals surface area contributed by atoms with Crippen LogP contribution in [-0.2, 0) is 19.0 Å². The Morgan fingerprint density at radius 3 is 2.57 bits per heavy atom. The molecule has 0 aromatic rings. The molecule has 1 amide bonds. The van der Waals surface area contributed by atoms with Crippen molar-refractivity contribution in [2.24, 2.45) is 57.2 Å². The van der Waals surface area contributed by atoms with E-state index in [9.17, 15) is 9.90 Å². The molecule has 0 aromatic carbocycles. The first-order valence-corrected chi connectivity index (χ1v) is 17.8. The summed E-state index contributed by atoms with van der Waals surface area (Å²) in [6.07, 6.45) is 15.0. The predicted molar refractivity (Wildman–Crippen MR) is 162 cm³/mol. The summed E-state index contributed by atoms with van der Waals surface area (Å²) >= 11 is 0. The maximum Gasteiger partial charge on any atom is 0.223 e. The van der Waals surface area contributed by atoms with E-state index >= 15 is 0 Å². The highest BCUT2D eigenvalue weighted by molar-refractivity contribution is 5.76. The van der Waals surface area contributed by atoms with E-state index in [1.807, 2.05) is 4.90 Å². The fraction of sp³-hybridized carbons (Fsp3) is 0.972. The van der Waals surface area contributed by atoms with Crippen molar-refractivity contribution in [3.8, 4) is 0 Å². The van der Waals surface area contributed by atoms with Gasteiger partial charge in [-0.05, 0) is 128 Å². The largest absolute Gasteiger partial charge is 0.393 e. The van der Waals surface area contributed by atoms with E-state index in [0.29, 0.717) is 66.5 Å². The Balaban J connectivity index is 1.04. The molecule has 1 aliphatic heterocycles. The number of carbonyl (C=O) groups is 1. The summed E-state index contributed by atoms with van der Waals surface area (Å²) < 4.78 is 18.3. The molecule has 238 valence electrons. The van der Waals surface area contributed by atoms with Gasteiger partial charge >= 0.3 is 0 Å². The van der Waals surface area contributed by atoms with E-state index in [4.69, 9.17) is 14.2 Å². The van der Waals surface area contributed by atoms with Gasteiger partial charge in [0.05, 0.1) is 25.4 Å². The number of rotatable bonds is 9. The molecule has 0 radical (unpaired) electrons. The smallest absolute Gasteiger partial charge is 0.223 e. The quantitative estimate of drug-likeness (QED) is 0.316. The fourth-order valence-corrected chi connectivity index (χ4v) is 12.9. The van der Waals surface area contributed by atoms with Gasteiger partial charge in [-0.3, -0.25) is 4.79 Å². The van der Waals surface area contributed by atoms with Crippen LogP contribution in [0.4, 0.5) is 0 Å². The van der Waals surface area contributed by atoms with E-state index in [1.54, 1.807) is 7.11 Å². The molecule has 6 saturated carbocycles. The molecule has 0 bridgehead atoms. The lowest BCUT2D eigenvalue weighted by Gasteiger charge is -2.59. The van der Waals surface area contributed by atoms with Crippen molar-refractivity contribution in [3.63, 3.8) is 0 Å². The van der Waals surface area contributed by atoms with Gasteiger partial charge < -0.3 is 24.2 Å². The lowest BCUT2D eigenvalue weighted by molar-refractivity contribution is -0.244. The summed E-state index contributed by atoms with van der Waals surface area (Å²) in [5.41, 5.74) is 1.27. The first-order valence-electron chi connectivity index (χ1n) is 17.8. The maximum absolute atomic E-state index is 12.8. The van der Waals surface area contributed by atoms with Crippen LogP contribution in [0.1, 0.15) is 111 Å². The molecule has 6 heteroatoms. The van der Waals surface area contributed by atoms with Crippen molar-refractivity contribution in [2.75, 3.05) is 33.4 Å². The monoisotopic (exact) mass is 585 g/mol. The van der Waals surface area contributed by atoms with Crippen LogP contribution in [0.3, 0.4) is 0 Å². The van der Waals surface area contributed by atoms with E-state index in [1.165, 1.54) is 51.4 Å². The third-order valence-electron chi connectivity index (χ3n) is 15.1. The van der Waals surface area contributed by atoms with Gasteiger partial charge in [-0.25, -0.2) is 0 Å². The minimum absolute atomic E-state index is 0.0878. The van der Waals surface area contributed by atoms with E-state index in [0.717, 1.165) is 44.1 Å². The van der Waals surface area contributed by atoms with Crippen molar-refractivity contribution >= 4 is 5.91 Å². The van der Waals surface area contributed by atoms with Crippen LogP contribution in [0.15, 0.2) is 0 Å². The van der Waals surface area contributed by atoms with Gasteiger partial charge in [0, 0.05) is 26.7 Å². The van der Waals surface area contributed by atoms with Crippen molar-refractivity contribution in [1.29, 1.82) is 0 Å². The fourth-order valence-electron chi connectivity index (χ4n) is 12.9. The second kappa shape index (κ2) is 10.7. The SMILES string of the molecule is COCCCC[C@H]1[C@H](O)CC2[C@@H]3CCC4C(C)(C)[C@@H](OC5CN(C(=O)CC6CC6)CCO5)CC[C@@]45C(C)[C@@]35CC[C@@]21C. The molecule has 6 aliphatic carbocycles. The van der Waals surface area contributed by atoms with Crippen LogP contribution in [0.2, 0.25) is 0 Å². The summed E-state index contributed by atoms with van der Waals surface area (Å²) in [5.74, 6) is 4.24.